The highest BCUT2D eigenvalue weighted by molar-refractivity contribution is 5.91. The van der Waals surface area contributed by atoms with Crippen molar-refractivity contribution in [3.05, 3.63) is 64.2 Å². The summed E-state index contributed by atoms with van der Waals surface area (Å²) in [4.78, 5) is 21.7. The fourth-order valence-corrected chi connectivity index (χ4v) is 1.65. The molecule has 0 heterocycles. The second-order valence-electron chi connectivity index (χ2n) is 4.45. The molecule has 0 radical (unpaired) electrons. The fraction of sp³-hybridized carbons (Fsp3) is 0.133. The molecular weight excluding hydrogens is 272 g/mol. The molecule has 108 valence electrons. The molecule has 0 unspecified atom stereocenters. The summed E-state index contributed by atoms with van der Waals surface area (Å²) >= 11 is 0. The molecule has 0 spiro atoms. The van der Waals surface area contributed by atoms with Crippen molar-refractivity contribution >= 4 is 17.3 Å². The Morgan fingerprint density at radius 1 is 1.14 bits per heavy atom. The number of nitro groups is 1. The molecule has 1 N–H and O–H groups in total. The van der Waals surface area contributed by atoms with Gasteiger partial charge in [0.15, 0.2) is 6.61 Å². The molecular formula is C15H14N2O4. The van der Waals surface area contributed by atoms with E-state index in [2.05, 4.69) is 5.32 Å². The molecule has 1 amide bonds. The van der Waals surface area contributed by atoms with Crippen LogP contribution in [0.4, 0.5) is 11.4 Å². The number of carbonyl (C=O) groups is 1. The molecule has 6 nitrogen and oxygen atoms in total. The van der Waals surface area contributed by atoms with Crippen molar-refractivity contribution in [2.24, 2.45) is 0 Å². The largest absolute Gasteiger partial charge is 0.484 e. The van der Waals surface area contributed by atoms with Gasteiger partial charge >= 0.3 is 0 Å². The van der Waals surface area contributed by atoms with E-state index in [-0.39, 0.29) is 18.2 Å². The lowest BCUT2D eigenvalue weighted by molar-refractivity contribution is -0.384. The monoisotopic (exact) mass is 286 g/mol. The molecule has 0 aliphatic rings. The van der Waals surface area contributed by atoms with Crippen LogP contribution in [-0.4, -0.2) is 17.4 Å². The minimum Gasteiger partial charge on any atom is -0.484 e. The van der Waals surface area contributed by atoms with Gasteiger partial charge in [-0.25, -0.2) is 0 Å². The summed E-state index contributed by atoms with van der Waals surface area (Å²) in [5, 5.41) is 13.2. The maximum atomic E-state index is 11.7. The van der Waals surface area contributed by atoms with Crippen LogP contribution in [0.3, 0.4) is 0 Å². The number of ether oxygens (including phenoxy) is 1. The van der Waals surface area contributed by atoms with Crippen LogP contribution in [0.1, 0.15) is 5.56 Å². The number of aryl methyl sites for hydroxylation is 1. The van der Waals surface area contributed by atoms with Gasteiger partial charge in [-0.3, -0.25) is 14.9 Å². The maximum absolute atomic E-state index is 11.7. The summed E-state index contributed by atoms with van der Waals surface area (Å²) in [5.41, 5.74) is 1.78. The number of nitrogens with one attached hydrogen (secondary N) is 1. The van der Waals surface area contributed by atoms with Gasteiger partial charge < -0.3 is 10.1 Å². The highest BCUT2D eigenvalue weighted by Gasteiger charge is 2.06. The molecule has 0 aromatic heterocycles. The molecule has 0 aliphatic heterocycles. The van der Waals surface area contributed by atoms with E-state index in [1.807, 2.05) is 19.1 Å². The zero-order valence-corrected chi connectivity index (χ0v) is 11.4. The third-order valence-electron chi connectivity index (χ3n) is 2.75. The highest BCUT2D eigenvalue weighted by Crippen LogP contribution is 2.17. The molecule has 0 saturated carbocycles. The van der Waals surface area contributed by atoms with Crippen molar-refractivity contribution in [2.45, 2.75) is 6.92 Å². The SMILES string of the molecule is Cc1ccc(NC(=O)COc2ccc([N+](=O)[O-])cc2)cc1. The molecule has 0 bridgehead atoms. The number of non-ortho nitro benzene ring substituents is 1. The normalized spacial score (nSPS) is 9.95. The van der Waals surface area contributed by atoms with Gasteiger partial charge in [0.1, 0.15) is 5.75 Å². The van der Waals surface area contributed by atoms with E-state index in [0.29, 0.717) is 11.4 Å². The zero-order valence-electron chi connectivity index (χ0n) is 11.4. The Morgan fingerprint density at radius 3 is 2.33 bits per heavy atom. The molecule has 0 fully saturated rings. The Labute approximate surface area is 121 Å². The first-order chi connectivity index (χ1) is 10.0. The minimum atomic E-state index is -0.492. The van der Waals surface area contributed by atoms with Crippen LogP contribution >= 0.6 is 0 Å². The third-order valence-corrected chi connectivity index (χ3v) is 2.75. The second kappa shape index (κ2) is 6.51. The minimum absolute atomic E-state index is 0.0218. The van der Waals surface area contributed by atoms with Crippen LogP contribution in [0.25, 0.3) is 0 Å². The first-order valence-corrected chi connectivity index (χ1v) is 6.28. The Hall–Kier alpha value is -2.89. The predicted molar refractivity (Wildman–Crippen MR) is 78.4 cm³/mol. The lowest BCUT2D eigenvalue weighted by atomic mass is 10.2. The van der Waals surface area contributed by atoms with Gasteiger partial charge in [-0.15, -0.1) is 0 Å². The fourth-order valence-electron chi connectivity index (χ4n) is 1.65. The van der Waals surface area contributed by atoms with Gasteiger partial charge in [-0.2, -0.15) is 0 Å². The Kier molecular flexibility index (Phi) is 4.50. The van der Waals surface area contributed by atoms with Gasteiger partial charge in [0.05, 0.1) is 4.92 Å². The lowest BCUT2D eigenvalue weighted by Crippen LogP contribution is -2.20. The quantitative estimate of drug-likeness (QED) is 0.676. The van der Waals surface area contributed by atoms with Gasteiger partial charge in [0.25, 0.3) is 11.6 Å². The van der Waals surface area contributed by atoms with E-state index in [9.17, 15) is 14.9 Å². The number of anilines is 1. The number of hydrogen-bond donors (Lipinski definition) is 1. The number of carbonyl (C=O) groups excluding carboxylic acids is 1. The number of rotatable bonds is 5. The van der Waals surface area contributed by atoms with E-state index in [4.69, 9.17) is 4.74 Å². The van der Waals surface area contributed by atoms with Gasteiger partial charge in [0, 0.05) is 17.8 Å². The summed E-state index contributed by atoms with van der Waals surface area (Å²) in [6.07, 6.45) is 0. The Bertz CT molecular complexity index is 636. The van der Waals surface area contributed by atoms with Gasteiger partial charge in [-0.1, -0.05) is 17.7 Å². The molecule has 2 aromatic rings. The zero-order chi connectivity index (χ0) is 15.2. The van der Waals surface area contributed by atoms with Crippen LogP contribution < -0.4 is 10.1 Å². The molecule has 21 heavy (non-hydrogen) atoms. The van der Waals surface area contributed by atoms with Crippen molar-refractivity contribution in [1.29, 1.82) is 0 Å². The van der Waals surface area contributed by atoms with E-state index < -0.39 is 4.92 Å². The molecule has 0 saturated heterocycles. The molecule has 0 aliphatic carbocycles. The van der Waals surface area contributed by atoms with Crippen LogP contribution in [0, 0.1) is 17.0 Å². The molecule has 2 rings (SSSR count). The number of nitrogens with zero attached hydrogens (tertiary/aromatic N) is 1. The average molecular weight is 286 g/mol. The van der Waals surface area contributed by atoms with Gasteiger partial charge in [0.2, 0.25) is 0 Å². The molecule has 6 heteroatoms. The van der Waals surface area contributed by atoms with E-state index in [1.54, 1.807) is 12.1 Å². The summed E-state index contributed by atoms with van der Waals surface area (Å²) < 4.78 is 5.26. The van der Waals surface area contributed by atoms with Crippen molar-refractivity contribution in [1.82, 2.24) is 0 Å². The van der Waals surface area contributed by atoms with Crippen molar-refractivity contribution < 1.29 is 14.5 Å². The average Bonchev–Trinajstić information content (AvgIpc) is 2.48. The van der Waals surface area contributed by atoms with Gasteiger partial charge in [-0.05, 0) is 31.2 Å². The first kappa shape index (κ1) is 14.5. The topological polar surface area (TPSA) is 81.5 Å². The number of nitro benzene ring substituents is 1. The summed E-state index contributed by atoms with van der Waals surface area (Å²) in [5.74, 6) is 0.108. The van der Waals surface area contributed by atoms with Crippen molar-refractivity contribution in [3.63, 3.8) is 0 Å². The lowest BCUT2D eigenvalue weighted by Gasteiger charge is -2.07. The standard InChI is InChI=1S/C15H14N2O4/c1-11-2-4-12(5-3-11)16-15(18)10-21-14-8-6-13(7-9-14)17(19)20/h2-9H,10H2,1H3,(H,16,18). The van der Waals surface area contributed by atoms with Crippen LogP contribution in [0.5, 0.6) is 5.75 Å². The number of hydrogen-bond acceptors (Lipinski definition) is 4. The molecule has 2 aromatic carbocycles. The highest BCUT2D eigenvalue weighted by atomic mass is 16.6. The smallest absolute Gasteiger partial charge is 0.269 e. The van der Waals surface area contributed by atoms with Crippen molar-refractivity contribution in [2.75, 3.05) is 11.9 Å². The van der Waals surface area contributed by atoms with Crippen LogP contribution in [0.15, 0.2) is 48.5 Å². The predicted octanol–water partition coefficient (Wildman–Crippen LogP) is 2.92. The summed E-state index contributed by atoms with van der Waals surface area (Å²) in [7, 11) is 0. The van der Waals surface area contributed by atoms with E-state index >= 15 is 0 Å². The van der Waals surface area contributed by atoms with Crippen molar-refractivity contribution in [3.8, 4) is 5.75 Å². The Balaban J connectivity index is 1.86. The third kappa shape index (κ3) is 4.31. The van der Waals surface area contributed by atoms with E-state index in [1.165, 1.54) is 24.3 Å². The summed E-state index contributed by atoms with van der Waals surface area (Å²) in [6.45, 7) is 1.80. The maximum Gasteiger partial charge on any atom is 0.269 e. The number of amides is 1. The Morgan fingerprint density at radius 2 is 1.76 bits per heavy atom. The molecule has 0 atom stereocenters. The first-order valence-electron chi connectivity index (χ1n) is 6.28. The van der Waals surface area contributed by atoms with E-state index in [0.717, 1.165) is 5.56 Å². The summed E-state index contributed by atoms with van der Waals surface area (Å²) in [6, 6.07) is 13.0. The number of benzene rings is 2. The van der Waals surface area contributed by atoms with Crippen LogP contribution in [0.2, 0.25) is 0 Å². The van der Waals surface area contributed by atoms with Crippen LogP contribution in [-0.2, 0) is 4.79 Å². The second-order valence-corrected chi connectivity index (χ2v) is 4.45.